The molecule has 0 bridgehead atoms. The maximum Gasteiger partial charge on any atom is 0.293 e. The second-order valence-electron chi connectivity index (χ2n) is 7.55. The van der Waals surface area contributed by atoms with Gasteiger partial charge in [-0.05, 0) is 30.4 Å². The van der Waals surface area contributed by atoms with E-state index in [0.29, 0.717) is 35.5 Å². The molecule has 8 heteroatoms. The molecule has 2 unspecified atom stereocenters. The molecule has 1 amide bonds. The summed E-state index contributed by atoms with van der Waals surface area (Å²) in [5, 5.41) is 17.6. The number of nitrogens with one attached hydrogen (secondary N) is 2. The zero-order valence-corrected chi connectivity index (χ0v) is 16.1. The largest absolute Gasteiger partial charge is 0.365 e. The number of carbonyl (C=O) groups excluding carboxylic acids is 1. The van der Waals surface area contributed by atoms with Crippen LogP contribution in [0, 0.1) is 27.9 Å². The van der Waals surface area contributed by atoms with E-state index in [1.807, 2.05) is 0 Å². The molecule has 3 rings (SSSR count). The first-order valence-corrected chi connectivity index (χ1v) is 8.96. The maximum absolute atomic E-state index is 12.3. The Kier molecular flexibility index (Phi) is 6.83. The lowest BCUT2D eigenvalue weighted by Gasteiger charge is -2.36. The molecular formula is C18H27ClN4O3. The maximum atomic E-state index is 12.3. The van der Waals surface area contributed by atoms with Crippen LogP contribution in [-0.4, -0.2) is 43.6 Å². The molecule has 2 aliphatic heterocycles. The van der Waals surface area contributed by atoms with E-state index in [0.717, 1.165) is 32.6 Å². The van der Waals surface area contributed by atoms with Gasteiger partial charge in [0.2, 0.25) is 0 Å². The van der Waals surface area contributed by atoms with Gasteiger partial charge in [-0.15, -0.1) is 12.4 Å². The van der Waals surface area contributed by atoms with Crippen LogP contribution in [-0.2, 0) is 0 Å². The van der Waals surface area contributed by atoms with Crippen LogP contribution in [0.1, 0.15) is 30.6 Å². The zero-order chi connectivity index (χ0) is 18.0. The Balaban J connectivity index is 0.00000243. The van der Waals surface area contributed by atoms with E-state index in [1.165, 1.54) is 6.07 Å². The highest BCUT2D eigenvalue weighted by Gasteiger charge is 2.28. The van der Waals surface area contributed by atoms with Crippen molar-refractivity contribution in [3.63, 3.8) is 0 Å². The number of nitro benzene ring substituents is 1. The molecule has 2 N–H and O–H groups in total. The number of carbonyl (C=O) groups is 1. The molecule has 0 aromatic heterocycles. The lowest BCUT2D eigenvalue weighted by molar-refractivity contribution is -0.384. The molecule has 2 saturated heterocycles. The van der Waals surface area contributed by atoms with E-state index in [9.17, 15) is 14.9 Å². The Morgan fingerprint density at radius 1 is 1.31 bits per heavy atom. The molecule has 26 heavy (non-hydrogen) atoms. The molecule has 2 atom stereocenters. The minimum atomic E-state index is -0.383. The molecule has 2 heterocycles. The number of nitro groups is 1. The van der Waals surface area contributed by atoms with Crippen LogP contribution in [0.2, 0.25) is 0 Å². The summed E-state index contributed by atoms with van der Waals surface area (Å²) in [5.74, 6) is 1.21. The van der Waals surface area contributed by atoms with Gasteiger partial charge >= 0.3 is 0 Å². The van der Waals surface area contributed by atoms with Gasteiger partial charge in [-0.25, -0.2) is 0 Å². The quantitative estimate of drug-likeness (QED) is 0.603. The summed E-state index contributed by atoms with van der Waals surface area (Å²) in [7, 11) is 0. The predicted molar refractivity (Wildman–Crippen MR) is 104 cm³/mol. The summed E-state index contributed by atoms with van der Waals surface area (Å²) >= 11 is 0. The number of hydrogen-bond acceptors (Lipinski definition) is 5. The number of halogens is 1. The number of rotatable bonds is 5. The molecule has 1 aromatic rings. The molecule has 7 nitrogen and oxygen atoms in total. The van der Waals surface area contributed by atoms with Gasteiger partial charge in [0.15, 0.2) is 0 Å². The van der Waals surface area contributed by atoms with E-state index in [-0.39, 0.29) is 28.9 Å². The minimum Gasteiger partial charge on any atom is -0.365 e. The summed E-state index contributed by atoms with van der Waals surface area (Å²) in [6.45, 7) is 8.38. The normalized spacial score (nSPS) is 22.9. The number of amides is 1. The Labute approximate surface area is 160 Å². The van der Waals surface area contributed by atoms with Crippen LogP contribution in [0.5, 0.6) is 0 Å². The van der Waals surface area contributed by atoms with Gasteiger partial charge in [-0.2, -0.15) is 0 Å². The Hall–Kier alpha value is -1.86. The molecule has 144 valence electrons. The van der Waals surface area contributed by atoms with E-state index >= 15 is 0 Å². The molecule has 0 saturated carbocycles. The van der Waals surface area contributed by atoms with Gasteiger partial charge in [0.1, 0.15) is 5.69 Å². The lowest BCUT2D eigenvalue weighted by Crippen LogP contribution is -2.48. The van der Waals surface area contributed by atoms with Crippen molar-refractivity contribution in [2.24, 2.45) is 17.8 Å². The molecule has 1 aromatic carbocycles. The Morgan fingerprint density at radius 2 is 1.96 bits per heavy atom. The first kappa shape index (κ1) is 20.5. The van der Waals surface area contributed by atoms with Crippen LogP contribution in [0.25, 0.3) is 0 Å². The number of piperidine rings is 1. The average Bonchev–Trinajstić information content (AvgIpc) is 2.51. The van der Waals surface area contributed by atoms with Crippen molar-refractivity contribution in [2.75, 3.05) is 37.6 Å². The molecule has 2 aliphatic rings. The molecule has 2 fully saturated rings. The third kappa shape index (κ3) is 4.65. The SMILES string of the molecule is CC1CC(C)CN(c2ccc(C(=O)NCC3CNC3)cc2[N+](=O)[O-])C1.Cl. The van der Waals surface area contributed by atoms with Gasteiger partial charge < -0.3 is 15.5 Å². The van der Waals surface area contributed by atoms with Crippen LogP contribution >= 0.6 is 12.4 Å². The highest BCUT2D eigenvalue weighted by atomic mass is 35.5. The fraction of sp³-hybridized carbons (Fsp3) is 0.611. The lowest BCUT2D eigenvalue weighted by atomic mass is 9.91. The zero-order valence-electron chi connectivity index (χ0n) is 15.2. The van der Waals surface area contributed by atoms with Crippen molar-refractivity contribution < 1.29 is 9.72 Å². The van der Waals surface area contributed by atoms with Crippen molar-refractivity contribution in [2.45, 2.75) is 20.3 Å². The summed E-state index contributed by atoms with van der Waals surface area (Å²) in [6.07, 6.45) is 1.14. The second kappa shape index (κ2) is 8.68. The first-order valence-electron chi connectivity index (χ1n) is 8.96. The van der Waals surface area contributed by atoms with E-state index < -0.39 is 0 Å². The number of hydrogen-bond donors (Lipinski definition) is 2. The predicted octanol–water partition coefficient (Wildman–Crippen LogP) is 2.45. The fourth-order valence-electron chi connectivity index (χ4n) is 3.77. The second-order valence-corrected chi connectivity index (χ2v) is 7.55. The molecule has 0 spiro atoms. The summed E-state index contributed by atoms with van der Waals surface area (Å²) < 4.78 is 0. The molecule has 0 aliphatic carbocycles. The van der Waals surface area contributed by atoms with Crippen molar-refractivity contribution in [1.82, 2.24) is 10.6 Å². The van der Waals surface area contributed by atoms with Crippen molar-refractivity contribution >= 4 is 29.7 Å². The Bertz CT molecular complexity index is 656. The molecular weight excluding hydrogens is 356 g/mol. The van der Waals surface area contributed by atoms with Crippen LogP contribution in [0.15, 0.2) is 18.2 Å². The van der Waals surface area contributed by atoms with Gasteiger partial charge in [0.25, 0.3) is 11.6 Å². The van der Waals surface area contributed by atoms with Crippen molar-refractivity contribution in [3.8, 4) is 0 Å². The van der Waals surface area contributed by atoms with Gasteiger partial charge in [0, 0.05) is 50.3 Å². The van der Waals surface area contributed by atoms with Gasteiger partial charge in [0.05, 0.1) is 4.92 Å². The monoisotopic (exact) mass is 382 g/mol. The minimum absolute atomic E-state index is 0. The summed E-state index contributed by atoms with van der Waals surface area (Å²) in [5.41, 5.74) is 0.975. The summed E-state index contributed by atoms with van der Waals surface area (Å²) in [4.78, 5) is 25.5. The van der Waals surface area contributed by atoms with Gasteiger partial charge in [-0.3, -0.25) is 14.9 Å². The standard InChI is InChI=1S/C18H26N4O3.ClH/c1-12-5-13(2)11-21(10-12)16-4-3-15(6-17(16)22(24)25)18(23)20-9-14-7-19-8-14;/h3-4,6,12-14,19H,5,7-11H2,1-2H3,(H,20,23);1H. The van der Waals surface area contributed by atoms with Gasteiger partial charge in [-0.1, -0.05) is 13.8 Å². The van der Waals surface area contributed by atoms with E-state index in [1.54, 1.807) is 12.1 Å². The van der Waals surface area contributed by atoms with Crippen molar-refractivity contribution in [3.05, 3.63) is 33.9 Å². The topological polar surface area (TPSA) is 87.5 Å². The van der Waals surface area contributed by atoms with Crippen LogP contribution < -0.4 is 15.5 Å². The first-order chi connectivity index (χ1) is 11.9. The van der Waals surface area contributed by atoms with Crippen molar-refractivity contribution in [1.29, 1.82) is 0 Å². The van der Waals surface area contributed by atoms with Crippen LogP contribution in [0.3, 0.4) is 0 Å². The summed E-state index contributed by atoms with van der Waals surface area (Å²) in [6, 6.07) is 4.83. The van der Waals surface area contributed by atoms with E-state index in [2.05, 4.69) is 29.4 Å². The third-order valence-electron chi connectivity index (χ3n) is 5.06. The highest BCUT2D eigenvalue weighted by molar-refractivity contribution is 5.95. The van der Waals surface area contributed by atoms with Crippen LogP contribution in [0.4, 0.5) is 11.4 Å². The third-order valence-corrected chi connectivity index (χ3v) is 5.06. The fourth-order valence-corrected chi connectivity index (χ4v) is 3.77. The molecule has 0 radical (unpaired) electrons. The average molecular weight is 383 g/mol. The van der Waals surface area contributed by atoms with E-state index in [4.69, 9.17) is 0 Å². The smallest absolute Gasteiger partial charge is 0.293 e. The number of anilines is 1. The highest BCUT2D eigenvalue weighted by Crippen LogP contribution is 2.33. The number of benzene rings is 1. The Morgan fingerprint density at radius 3 is 2.50 bits per heavy atom. The number of nitrogens with zero attached hydrogens (tertiary/aromatic N) is 2.